The molecule has 0 amide bonds. The number of aromatic nitrogens is 1. The van der Waals surface area contributed by atoms with E-state index in [9.17, 15) is 15.2 Å². The number of rotatable bonds is 3. The van der Waals surface area contributed by atoms with E-state index in [-0.39, 0.29) is 24.2 Å². The second-order valence-electron chi connectivity index (χ2n) is 4.54. The number of nitrogen functional groups attached to an aromatic ring is 1. The normalized spacial score (nSPS) is 23.3. The van der Waals surface area contributed by atoms with Crippen molar-refractivity contribution in [3.8, 4) is 0 Å². The maximum Gasteiger partial charge on any atom is 0.311 e. The topological polar surface area (TPSA) is 106 Å². The van der Waals surface area contributed by atoms with Gasteiger partial charge in [0.15, 0.2) is 0 Å². The summed E-state index contributed by atoms with van der Waals surface area (Å²) in [6, 6.07) is 2.93. The van der Waals surface area contributed by atoms with Crippen LogP contribution in [-0.2, 0) is 0 Å². The van der Waals surface area contributed by atoms with Crippen molar-refractivity contribution in [2.24, 2.45) is 5.92 Å². The summed E-state index contributed by atoms with van der Waals surface area (Å²) < 4.78 is 0. The van der Waals surface area contributed by atoms with Crippen molar-refractivity contribution in [3.05, 3.63) is 22.2 Å². The van der Waals surface area contributed by atoms with Gasteiger partial charge in [-0.3, -0.25) is 10.1 Å². The molecule has 98 valence electrons. The average Bonchev–Trinajstić information content (AvgIpc) is 2.69. The SMILES string of the molecule is CC1CCN(c2ccc([N+](=O)[O-])c(N)n2)C1CO. The molecule has 0 aromatic carbocycles. The van der Waals surface area contributed by atoms with Crippen molar-refractivity contribution < 1.29 is 10.0 Å². The minimum atomic E-state index is -0.553. The highest BCUT2D eigenvalue weighted by atomic mass is 16.6. The Morgan fingerprint density at radius 1 is 1.67 bits per heavy atom. The highest BCUT2D eigenvalue weighted by Gasteiger charge is 2.32. The lowest BCUT2D eigenvalue weighted by molar-refractivity contribution is -0.384. The van der Waals surface area contributed by atoms with Gasteiger partial charge in [0, 0.05) is 12.6 Å². The second kappa shape index (κ2) is 4.77. The van der Waals surface area contributed by atoms with Crippen molar-refractivity contribution in [2.75, 3.05) is 23.8 Å². The summed E-state index contributed by atoms with van der Waals surface area (Å²) in [5.41, 5.74) is 5.38. The summed E-state index contributed by atoms with van der Waals surface area (Å²) >= 11 is 0. The first-order valence-electron chi connectivity index (χ1n) is 5.83. The largest absolute Gasteiger partial charge is 0.394 e. The van der Waals surface area contributed by atoms with Crippen LogP contribution in [0.4, 0.5) is 17.3 Å². The van der Waals surface area contributed by atoms with Crippen molar-refractivity contribution in [1.82, 2.24) is 4.98 Å². The third kappa shape index (κ3) is 2.08. The van der Waals surface area contributed by atoms with Crippen LogP contribution in [-0.4, -0.2) is 34.2 Å². The summed E-state index contributed by atoms with van der Waals surface area (Å²) in [4.78, 5) is 16.1. The maximum atomic E-state index is 10.7. The van der Waals surface area contributed by atoms with Gasteiger partial charge in [0.05, 0.1) is 17.6 Å². The van der Waals surface area contributed by atoms with Crippen LogP contribution in [0, 0.1) is 16.0 Å². The molecule has 2 rings (SSSR count). The number of nitrogens with two attached hydrogens (primary N) is 1. The first-order chi connectivity index (χ1) is 8.54. The Bertz CT molecular complexity index is 466. The molecule has 1 aromatic rings. The number of hydrogen-bond donors (Lipinski definition) is 2. The fraction of sp³-hybridized carbons (Fsp3) is 0.545. The Balaban J connectivity index is 2.29. The van der Waals surface area contributed by atoms with E-state index < -0.39 is 4.92 Å². The molecule has 2 unspecified atom stereocenters. The molecule has 0 bridgehead atoms. The van der Waals surface area contributed by atoms with Crippen molar-refractivity contribution in [3.63, 3.8) is 0 Å². The zero-order valence-electron chi connectivity index (χ0n) is 10.1. The van der Waals surface area contributed by atoms with Gasteiger partial charge in [0.25, 0.3) is 0 Å². The Morgan fingerprint density at radius 3 is 2.94 bits per heavy atom. The molecule has 0 spiro atoms. The second-order valence-corrected chi connectivity index (χ2v) is 4.54. The van der Waals surface area contributed by atoms with Crippen LogP contribution in [0.15, 0.2) is 12.1 Å². The van der Waals surface area contributed by atoms with Gasteiger partial charge in [-0.2, -0.15) is 0 Å². The van der Waals surface area contributed by atoms with Crippen LogP contribution in [0.3, 0.4) is 0 Å². The number of aliphatic hydroxyl groups excluding tert-OH is 1. The minimum Gasteiger partial charge on any atom is -0.394 e. The smallest absolute Gasteiger partial charge is 0.311 e. The fourth-order valence-electron chi connectivity index (χ4n) is 2.34. The van der Waals surface area contributed by atoms with Gasteiger partial charge >= 0.3 is 5.69 Å². The number of anilines is 2. The van der Waals surface area contributed by atoms with Crippen LogP contribution >= 0.6 is 0 Å². The third-order valence-corrected chi connectivity index (χ3v) is 3.45. The molecule has 18 heavy (non-hydrogen) atoms. The van der Waals surface area contributed by atoms with Crippen LogP contribution in [0.2, 0.25) is 0 Å². The fourth-order valence-corrected chi connectivity index (χ4v) is 2.34. The van der Waals surface area contributed by atoms with Gasteiger partial charge in [0.1, 0.15) is 5.82 Å². The first-order valence-corrected chi connectivity index (χ1v) is 5.83. The molecule has 2 heterocycles. The lowest BCUT2D eigenvalue weighted by Gasteiger charge is -2.26. The van der Waals surface area contributed by atoms with Crippen molar-refractivity contribution >= 4 is 17.3 Å². The summed E-state index contributed by atoms with van der Waals surface area (Å²) in [7, 11) is 0. The Labute approximate surface area is 104 Å². The molecule has 0 aliphatic carbocycles. The lowest BCUT2D eigenvalue weighted by atomic mass is 10.0. The molecule has 1 fully saturated rings. The van der Waals surface area contributed by atoms with Crippen molar-refractivity contribution in [2.45, 2.75) is 19.4 Å². The summed E-state index contributed by atoms with van der Waals surface area (Å²) in [6.07, 6.45) is 0.962. The standard InChI is InChI=1S/C11H16N4O3/c1-7-4-5-14(9(7)6-16)10-3-2-8(15(17)18)11(12)13-10/h2-3,7,9,16H,4-6H2,1H3,(H2,12,13). The van der Waals surface area contributed by atoms with E-state index in [0.29, 0.717) is 11.7 Å². The van der Waals surface area contributed by atoms with E-state index in [2.05, 4.69) is 11.9 Å². The van der Waals surface area contributed by atoms with Gasteiger partial charge in [-0.25, -0.2) is 4.98 Å². The Kier molecular flexibility index (Phi) is 3.33. The summed E-state index contributed by atoms with van der Waals surface area (Å²) in [6.45, 7) is 2.88. The van der Waals surface area contributed by atoms with E-state index in [1.54, 1.807) is 6.07 Å². The van der Waals surface area contributed by atoms with Gasteiger partial charge in [-0.1, -0.05) is 6.92 Å². The maximum absolute atomic E-state index is 10.7. The van der Waals surface area contributed by atoms with Crippen LogP contribution < -0.4 is 10.6 Å². The van der Waals surface area contributed by atoms with E-state index in [1.165, 1.54) is 6.07 Å². The predicted molar refractivity (Wildman–Crippen MR) is 67.3 cm³/mol. The molecule has 1 aromatic heterocycles. The molecular formula is C11H16N4O3. The van der Waals surface area contributed by atoms with Gasteiger partial charge in [-0.05, 0) is 18.4 Å². The highest BCUT2D eigenvalue weighted by Crippen LogP contribution is 2.30. The molecule has 0 saturated carbocycles. The summed E-state index contributed by atoms with van der Waals surface area (Å²) in [5, 5.41) is 20.0. The molecule has 1 aliphatic heterocycles. The molecular weight excluding hydrogens is 236 g/mol. The van der Waals surface area contributed by atoms with Crippen LogP contribution in [0.25, 0.3) is 0 Å². The van der Waals surface area contributed by atoms with Gasteiger partial charge < -0.3 is 15.7 Å². The zero-order valence-corrected chi connectivity index (χ0v) is 10.1. The molecule has 1 aliphatic rings. The predicted octanol–water partition coefficient (Wildman–Crippen LogP) is 0.779. The molecule has 7 heteroatoms. The summed E-state index contributed by atoms with van der Waals surface area (Å²) in [5.74, 6) is 0.864. The quantitative estimate of drug-likeness (QED) is 0.608. The highest BCUT2D eigenvalue weighted by molar-refractivity contribution is 5.58. The van der Waals surface area contributed by atoms with Crippen LogP contribution in [0.1, 0.15) is 13.3 Å². The number of nitro groups is 1. The van der Waals surface area contributed by atoms with E-state index >= 15 is 0 Å². The number of hydrogen-bond acceptors (Lipinski definition) is 6. The van der Waals surface area contributed by atoms with Gasteiger partial charge in [0.2, 0.25) is 5.82 Å². The molecule has 1 saturated heterocycles. The Hall–Kier alpha value is -1.89. The third-order valence-electron chi connectivity index (χ3n) is 3.45. The molecule has 3 N–H and O–H groups in total. The lowest BCUT2D eigenvalue weighted by Crippen LogP contribution is -2.35. The van der Waals surface area contributed by atoms with E-state index in [1.807, 2.05) is 4.90 Å². The van der Waals surface area contributed by atoms with Gasteiger partial charge in [-0.15, -0.1) is 0 Å². The number of pyridine rings is 1. The van der Waals surface area contributed by atoms with E-state index in [0.717, 1.165) is 13.0 Å². The molecule has 2 atom stereocenters. The minimum absolute atomic E-state index is 0.00152. The van der Waals surface area contributed by atoms with Crippen LogP contribution in [0.5, 0.6) is 0 Å². The Morgan fingerprint density at radius 2 is 2.39 bits per heavy atom. The average molecular weight is 252 g/mol. The van der Waals surface area contributed by atoms with E-state index in [4.69, 9.17) is 5.73 Å². The monoisotopic (exact) mass is 252 g/mol. The first kappa shape index (κ1) is 12.6. The number of aliphatic hydroxyl groups is 1. The molecule has 0 radical (unpaired) electrons. The molecule has 7 nitrogen and oxygen atoms in total. The zero-order chi connectivity index (χ0) is 13.3. The van der Waals surface area contributed by atoms with Crippen molar-refractivity contribution in [1.29, 1.82) is 0 Å². The number of nitrogens with zero attached hydrogens (tertiary/aromatic N) is 3.